The van der Waals surface area contributed by atoms with Gasteiger partial charge < -0.3 is 10.6 Å². The highest BCUT2D eigenvalue weighted by Gasteiger charge is 2.11. The Labute approximate surface area is 118 Å². The third-order valence-electron chi connectivity index (χ3n) is 3.42. The maximum Gasteiger partial charge on any atom is 0.107 e. The van der Waals surface area contributed by atoms with Crippen molar-refractivity contribution in [3.05, 3.63) is 45.4 Å². The molecule has 2 N–H and O–H groups in total. The quantitative estimate of drug-likeness (QED) is 0.899. The maximum atomic E-state index is 4.47. The van der Waals surface area contributed by atoms with Crippen LogP contribution in [0.15, 0.2) is 23.6 Å². The lowest BCUT2D eigenvalue weighted by Crippen LogP contribution is -2.18. The van der Waals surface area contributed by atoms with Gasteiger partial charge in [0.05, 0.1) is 0 Å². The molecule has 19 heavy (non-hydrogen) atoms. The number of aryl methyl sites for hydroxylation is 2. The van der Waals surface area contributed by atoms with Crippen molar-refractivity contribution in [1.82, 2.24) is 10.3 Å². The third kappa shape index (κ3) is 2.96. The second kappa shape index (κ2) is 5.72. The zero-order valence-electron chi connectivity index (χ0n) is 11.2. The summed E-state index contributed by atoms with van der Waals surface area (Å²) in [6.45, 7) is 4.88. The fourth-order valence-corrected chi connectivity index (χ4v) is 3.26. The van der Waals surface area contributed by atoms with E-state index in [1.165, 1.54) is 29.7 Å². The molecule has 1 aromatic carbocycles. The predicted molar refractivity (Wildman–Crippen MR) is 80.6 cm³/mol. The molecule has 0 fully saturated rings. The number of nitrogens with zero attached hydrogens (tertiary/aromatic N) is 1. The minimum Gasteiger partial charge on any atom is -0.385 e. The Morgan fingerprint density at radius 3 is 3.16 bits per heavy atom. The minimum absolute atomic E-state index is 0.849. The van der Waals surface area contributed by atoms with Crippen LogP contribution in [0.2, 0.25) is 0 Å². The van der Waals surface area contributed by atoms with E-state index < -0.39 is 0 Å². The van der Waals surface area contributed by atoms with Gasteiger partial charge in [-0.25, -0.2) is 4.98 Å². The summed E-state index contributed by atoms with van der Waals surface area (Å²) in [5.41, 5.74) is 5.28. The summed E-state index contributed by atoms with van der Waals surface area (Å²) in [7, 11) is 0. The van der Waals surface area contributed by atoms with E-state index in [1.807, 2.05) is 6.92 Å². The number of hydrogen-bond acceptors (Lipinski definition) is 4. The number of thiazole rings is 1. The van der Waals surface area contributed by atoms with Crippen molar-refractivity contribution in [3.63, 3.8) is 0 Å². The zero-order chi connectivity index (χ0) is 13.1. The lowest BCUT2D eigenvalue weighted by Gasteiger charge is -2.21. The van der Waals surface area contributed by atoms with Gasteiger partial charge in [0.25, 0.3) is 0 Å². The van der Waals surface area contributed by atoms with Crippen molar-refractivity contribution in [3.8, 4) is 0 Å². The Morgan fingerprint density at radius 2 is 2.32 bits per heavy atom. The number of para-hydroxylation sites is 1. The normalized spacial score (nSPS) is 13.9. The van der Waals surface area contributed by atoms with E-state index in [1.54, 1.807) is 11.3 Å². The van der Waals surface area contributed by atoms with Crippen LogP contribution in [0, 0.1) is 6.92 Å². The fraction of sp³-hybridized carbons (Fsp3) is 0.400. The molecule has 0 atom stereocenters. The average Bonchev–Trinajstić information content (AvgIpc) is 2.85. The molecule has 0 amide bonds. The van der Waals surface area contributed by atoms with Crippen LogP contribution in [0.1, 0.15) is 28.2 Å². The lowest BCUT2D eigenvalue weighted by molar-refractivity contribution is 0.686. The van der Waals surface area contributed by atoms with Crippen molar-refractivity contribution in [2.45, 2.75) is 32.9 Å². The molecule has 3 nitrogen and oxygen atoms in total. The van der Waals surface area contributed by atoms with E-state index in [9.17, 15) is 0 Å². The van der Waals surface area contributed by atoms with Crippen LogP contribution >= 0.6 is 11.3 Å². The Balaban J connectivity index is 1.64. The van der Waals surface area contributed by atoms with E-state index in [2.05, 4.69) is 39.2 Å². The van der Waals surface area contributed by atoms with Crippen molar-refractivity contribution < 1.29 is 0 Å². The first kappa shape index (κ1) is 12.6. The number of benzene rings is 1. The standard InChI is InChI=1S/C15H19N3S/c1-11-10-19-14(18-11)9-16-8-13-5-2-4-12-6-3-7-17-15(12)13/h2,4-5,10,16-17H,3,6-9H2,1H3. The number of rotatable bonds is 4. The SMILES string of the molecule is Cc1csc(CNCc2cccc3c2NCCC3)n1. The van der Waals surface area contributed by atoms with Gasteiger partial charge in [0.15, 0.2) is 0 Å². The summed E-state index contributed by atoms with van der Waals surface area (Å²) in [5, 5.41) is 10.3. The molecule has 3 rings (SSSR count). The topological polar surface area (TPSA) is 37.0 Å². The van der Waals surface area contributed by atoms with Crippen LogP contribution in [-0.2, 0) is 19.5 Å². The van der Waals surface area contributed by atoms with Crippen LogP contribution in [0.5, 0.6) is 0 Å². The summed E-state index contributed by atoms with van der Waals surface area (Å²) < 4.78 is 0. The van der Waals surface area contributed by atoms with E-state index in [-0.39, 0.29) is 0 Å². The molecule has 2 heterocycles. The van der Waals surface area contributed by atoms with Crippen LogP contribution in [0.4, 0.5) is 5.69 Å². The molecular weight excluding hydrogens is 254 g/mol. The second-order valence-corrected chi connectivity index (χ2v) is 5.91. The Hall–Kier alpha value is -1.39. The number of anilines is 1. The second-order valence-electron chi connectivity index (χ2n) is 4.97. The molecule has 4 heteroatoms. The van der Waals surface area contributed by atoms with Crippen molar-refractivity contribution in [2.24, 2.45) is 0 Å². The molecule has 0 saturated heterocycles. The molecule has 1 aromatic heterocycles. The molecule has 100 valence electrons. The first-order chi connectivity index (χ1) is 9.33. The largest absolute Gasteiger partial charge is 0.385 e. The van der Waals surface area contributed by atoms with E-state index in [0.29, 0.717) is 0 Å². The van der Waals surface area contributed by atoms with Gasteiger partial charge in [-0.15, -0.1) is 11.3 Å². The maximum absolute atomic E-state index is 4.47. The van der Waals surface area contributed by atoms with Crippen molar-refractivity contribution in [2.75, 3.05) is 11.9 Å². The van der Waals surface area contributed by atoms with E-state index in [4.69, 9.17) is 0 Å². The summed E-state index contributed by atoms with van der Waals surface area (Å²) in [6.07, 6.45) is 2.43. The Bertz CT molecular complexity index is 562. The molecule has 0 unspecified atom stereocenters. The number of aromatic nitrogens is 1. The summed E-state index contributed by atoms with van der Waals surface area (Å²) in [6, 6.07) is 6.60. The van der Waals surface area contributed by atoms with Crippen molar-refractivity contribution in [1.29, 1.82) is 0 Å². The Morgan fingerprint density at radius 1 is 1.37 bits per heavy atom. The molecule has 0 aliphatic carbocycles. The van der Waals surface area contributed by atoms with Crippen LogP contribution in [0.25, 0.3) is 0 Å². The minimum atomic E-state index is 0.849. The summed E-state index contributed by atoms with van der Waals surface area (Å²) >= 11 is 1.72. The third-order valence-corrected chi connectivity index (χ3v) is 4.39. The van der Waals surface area contributed by atoms with Gasteiger partial charge in [-0.2, -0.15) is 0 Å². The monoisotopic (exact) mass is 273 g/mol. The number of fused-ring (bicyclic) bond motifs is 1. The molecule has 0 saturated carbocycles. The average molecular weight is 273 g/mol. The smallest absolute Gasteiger partial charge is 0.107 e. The highest BCUT2D eigenvalue weighted by Crippen LogP contribution is 2.25. The highest BCUT2D eigenvalue weighted by atomic mass is 32.1. The first-order valence-electron chi connectivity index (χ1n) is 6.79. The summed E-state index contributed by atoms with van der Waals surface area (Å²) in [5.74, 6) is 0. The molecule has 0 radical (unpaired) electrons. The van der Waals surface area contributed by atoms with Crippen LogP contribution in [0.3, 0.4) is 0 Å². The molecule has 0 bridgehead atoms. The highest BCUT2D eigenvalue weighted by molar-refractivity contribution is 7.09. The number of hydrogen-bond donors (Lipinski definition) is 2. The predicted octanol–water partition coefficient (Wildman–Crippen LogP) is 3.10. The molecule has 1 aliphatic heterocycles. The van der Waals surface area contributed by atoms with Gasteiger partial charge >= 0.3 is 0 Å². The Kier molecular flexibility index (Phi) is 3.80. The fourth-order valence-electron chi connectivity index (χ4n) is 2.52. The van der Waals surface area contributed by atoms with Gasteiger partial charge in [-0.05, 0) is 30.9 Å². The van der Waals surface area contributed by atoms with Gasteiger partial charge in [0.2, 0.25) is 0 Å². The van der Waals surface area contributed by atoms with E-state index >= 15 is 0 Å². The molecule has 0 spiro atoms. The van der Waals surface area contributed by atoms with Crippen LogP contribution < -0.4 is 10.6 Å². The molecule has 2 aromatic rings. The van der Waals surface area contributed by atoms with Gasteiger partial charge in [-0.1, -0.05) is 18.2 Å². The number of nitrogens with one attached hydrogen (secondary N) is 2. The van der Waals surface area contributed by atoms with E-state index in [0.717, 1.165) is 30.3 Å². The zero-order valence-corrected chi connectivity index (χ0v) is 12.0. The summed E-state index contributed by atoms with van der Waals surface area (Å²) in [4.78, 5) is 4.47. The van der Waals surface area contributed by atoms with Gasteiger partial charge in [0.1, 0.15) is 5.01 Å². The molecular formula is C15H19N3S. The first-order valence-corrected chi connectivity index (χ1v) is 7.67. The van der Waals surface area contributed by atoms with Crippen LogP contribution in [-0.4, -0.2) is 11.5 Å². The molecule has 1 aliphatic rings. The lowest BCUT2D eigenvalue weighted by atomic mass is 9.99. The van der Waals surface area contributed by atoms with Gasteiger partial charge in [0, 0.05) is 36.4 Å². The van der Waals surface area contributed by atoms with Crippen molar-refractivity contribution >= 4 is 17.0 Å². The van der Waals surface area contributed by atoms with Gasteiger partial charge in [-0.3, -0.25) is 0 Å².